The number of carbonyl (C=O) groups is 1. The monoisotopic (exact) mass is 355 g/mol. The summed E-state index contributed by atoms with van der Waals surface area (Å²) < 4.78 is 5.23. The third-order valence-electron chi connectivity index (χ3n) is 4.45. The standard InChI is InChI=1S/C17H17N5O2S/c1-10-16(11(2)24-21-10)13-7-18-6-12(20-13)15-4-3-5-22(15)17(23)14-8-25-9-19-14/h6-9,15H,3-5H2,1-2H3/t15-/m0/s1. The number of hydrogen-bond donors (Lipinski definition) is 0. The van der Waals surface area contributed by atoms with E-state index in [0.29, 0.717) is 18.0 Å². The van der Waals surface area contributed by atoms with Crippen molar-refractivity contribution in [2.75, 3.05) is 6.54 Å². The summed E-state index contributed by atoms with van der Waals surface area (Å²) >= 11 is 1.42. The van der Waals surface area contributed by atoms with Gasteiger partial charge in [-0.25, -0.2) is 9.97 Å². The molecule has 0 spiro atoms. The highest BCUT2D eigenvalue weighted by Gasteiger charge is 2.33. The van der Waals surface area contributed by atoms with Crippen LogP contribution in [0.2, 0.25) is 0 Å². The molecule has 0 N–H and O–H groups in total. The Labute approximate surface area is 148 Å². The van der Waals surface area contributed by atoms with Gasteiger partial charge in [-0.1, -0.05) is 5.16 Å². The first kappa shape index (κ1) is 15.9. The minimum Gasteiger partial charge on any atom is -0.361 e. The van der Waals surface area contributed by atoms with Crippen molar-refractivity contribution in [2.45, 2.75) is 32.7 Å². The van der Waals surface area contributed by atoms with Crippen LogP contribution in [0.4, 0.5) is 0 Å². The summed E-state index contributed by atoms with van der Waals surface area (Å²) in [4.78, 5) is 27.8. The molecule has 0 aliphatic carbocycles. The molecule has 1 amide bonds. The fourth-order valence-corrected chi connectivity index (χ4v) is 3.82. The number of hydrogen-bond acceptors (Lipinski definition) is 7. The molecule has 7 nitrogen and oxygen atoms in total. The highest BCUT2D eigenvalue weighted by atomic mass is 32.1. The number of rotatable bonds is 3. The van der Waals surface area contributed by atoms with Crippen LogP contribution in [0, 0.1) is 13.8 Å². The number of amides is 1. The highest BCUT2D eigenvalue weighted by Crippen LogP contribution is 2.33. The van der Waals surface area contributed by atoms with Gasteiger partial charge < -0.3 is 9.42 Å². The number of likely N-dealkylation sites (tertiary alicyclic amines) is 1. The summed E-state index contributed by atoms with van der Waals surface area (Å²) in [7, 11) is 0. The number of aryl methyl sites for hydroxylation is 2. The summed E-state index contributed by atoms with van der Waals surface area (Å²) in [6.45, 7) is 4.45. The highest BCUT2D eigenvalue weighted by molar-refractivity contribution is 7.07. The molecule has 0 unspecified atom stereocenters. The van der Waals surface area contributed by atoms with E-state index in [2.05, 4.69) is 15.1 Å². The van der Waals surface area contributed by atoms with Gasteiger partial charge >= 0.3 is 0 Å². The zero-order valence-corrected chi connectivity index (χ0v) is 14.8. The Balaban J connectivity index is 1.67. The van der Waals surface area contributed by atoms with Crippen LogP contribution in [-0.4, -0.2) is 37.5 Å². The van der Waals surface area contributed by atoms with Crippen LogP contribution >= 0.6 is 11.3 Å². The van der Waals surface area contributed by atoms with Crippen LogP contribution in [0.3, 0.4) is 0 Å². The summed E-state index contributed by atoms with van der Waals surface area (Å²) in [5, 5.41) is 5.76. The first-order chi connectivity index (χ1) is 12.1. The van der Waals surface area contributed by atoms with Crippen LogP contribution in [0.5, 0.6) is 0 Å². The fourth-order valence-electron chi connectivity index (χ4n) is 3.29. The molecule has 3 aromatic heterocycles. The largest absolute Gasteiger partial charge is 0.361 e. The van der Waals surface area contributed by atoms with Gasteiger partial charge in [0.05, 0.1) is 46.6 Å². The maximum absolute atomic E-state index is 12.7. The molecular formula is C17H17N5O2S. The van der Waals surface area contributed by atoms with Gasteiger partial charge in [0, 0.05) is 11.9 Å². The van der Waals surface area contributed by atoms with E-state index in [1.807, 2.05) is 18.7 Å². The lowest BCUT2D eigenvalue weighted by atomic mass is 10.1. The molecule has 8 heteroatoms. The predicted octanol–water partition coefficient (Wildman–Crippen LogP) is 3.18. The molecule has 3 aromatic rings. The second-order valence-corrected chi connectivity index (χ2v) is 6.78. The average Bonchev–Trinajstić information content (AvgIpc) is 3.36. The molecule has 0 aromatic carbocycles. The molecule has 0 radical (unpaired) electrons. The van der Waals surface area contributed by atoms with E-state index in [1.54, 1.807) is 23.3 Å². The second-order valence-electron chi connectivity index (χ2n) is 6.06. The third-order valence-corrected chi connectivity index (χ3v) is 5.04. The van der Waals surface area contributed by atoms with E-state index in [-0.39, 0.29) is 11.9 Å². The van der Waals surface area contributed by atoms with Gasteiger partial charge in [0.2, 0.25) is 0 Å². The van der Waals surface area contributed by atoms with Gasteiger partial charge in [-0.2, -0.15) is 0 Å². The van der Waals surface area contributed by atoms with Gasteiger partial charge in [0.25, 0.3) is 5.91 Å². The van der Waals surface area contributed by atoms with Crippen LogP contribution in [-0.2, 0) is 0 Å². The van der Waals surface area contributed by atoms with Crippen molar-refractivity contribution >= 4 is 17.2 Å². The Hall–Kier alpha value is -2.61. The van der Waals surface area contributed by atoms with E-state index in [0.717, 1.165) is 35.5 Å². The number of nitrogens with zero attached hydrogens (tertiary/aromatic N) is 5. The number of thiazole rings is 1. The van der Waals surface area contributed by atoms with Gasteiger partial charge in [0.15, 0.2) is 0 Å². The van der Waals surface area contributed by atoms with Crippen LogP contribution in [0.25, 0.3) is 11.3 Å². The fraction of sp³-hybridized carbons (Fsp3) is 0.353. The van der Waals surface area contributed by atoms with Crippen LogP contribution in [0.15, 0.2) is 27.8 Å². The Kier molecular flexibility index (Phi) is 4.04. The Morgan fingerprint density at radius 2 is 2.24 bits per heavy atom. The van der Waals surface area contributed by atoms with E-state index in [9.17, 15) is 4.79 Å². The van der Waals surface area contributed by atoms with Crippen molar-refractivity contribution < 1.29 is 9.32 Å². The van der Waals surface area contributed by atoms with Crippen molar-refractivity contribution in [1.29, 1.82) is 0 Å². The van der Waals surface area contributed by atoms with E-state index in [4.69, 9.17) is 9.51 Å². The Morgan fingerprint density at radius 3 is 2.96 bits per heavy atom. The lowest BCUT2D eigenvalue weighted by Gasteiger charge is -2.23. The normalized spacial score (nSPS) is 17.2. The SMILES string of the molecule is Cc1noc(C)c1-c1cncc([C@@H]2CCCN2C(=O)c2cscn2)n1. The molecule has 1 saturated heterocycles. The lowest BCUT2D eigenvalue weighted by molar-refractivity contribution is 0.0727. The molecule has 1 atom stereocenters. The summed E-state index contributed by atoms with van der Waals surface area (Å²) in [5.74, 6) is 0.666. The molecule has 0 saturated carbocycles. The van der Waals surface area contributed by atoms with Gasteiger partial charge in [-0.3, -0.25) is 9.78 Å². The molecule has 4 rings (SSSR count). The number of aromatic nitrogens is 4. The molecule has 0 bridgehead atoms. The van der Waals surface area contributed by atoms with Crippen molar-refractivity contribution in [3.8, 4) is 11.3 Å². The maximum Gasteiger partial charge on any atom is 0.273 e. The van der Waals surface area contributed by atoms with Gasteiger partial charge in [-0.15, -0.1) is 11.3 Å². The molecule has 1 aliphatic heterocycles. The van der Waals surface area contributed by atoms with Gasteiger partial charge in [-0.05, 0) is 26.7 Å². The van der Waals surface area contributed by atoms with Crippen molar-refractivity contribution in [3.63, 3.8) is 0 Å². The lowest BCUT2D eigenvalue weighted by Crippen LogP contribution is -2.31. The van der Waals surface area contributed by atoms with Crippen LogP contribution < -0.4 is 0 Å². The summed E-state index contributed by atoms with van der Waals surface area (Å²) in [5.41, 5.74) is 5.33. The Morgan fingerprint density at radius 1 is 1.36 bits per heavy atom. The molecule has 1 aliphatic rings. The molecular weight excluding hydrogens is 338 g/mol. The molecule has 4 heterocycles. The predicted molar refractivity (Wildman–Crippen MR) is 92.1 cm³/mol. The average molecular weight is 355 g/mol. The topological polar surface area (TPSA) is 85.0 Å². The zero-order valence-electron chi connectivity index (χ0n) is 14.0. The van der Waals surface area contributed by atoms with Gasteiger partial charge in [0.1, 0.15) is 11.5 Å². The summed E-state index contributed by atoms with van der Waals surface area (Å²) in [6, 6.07) is -0.0814. The van der Waals surface area contributed by atoms with E-state index < -0.39 is 0 Å². The second kappa shape index (κ2) is 6.36. The van der Waals surface area contributed by atoms with Crippen molar-refractivity contribution in [2.24, 2.45) is 0 Å². The summed E-state index contributed by atoms with van der Waals surface area (Å²) in [6.07, 6.45) is 5.25. The van der Waals surface area contributed by atoms with Crippen molar-refractivity contribution in [1.82, 2.24) is 25.0 Å². The van der Waals surface area contributed by atoms with Crippen molar-refractivity contribution in [3.05, 3.63) is 46.1 Å². The zero-order chi connectivity index (χ0) is 17.4. The maximum atomic E-state index is 12.7. The molecule has 1 fully saturated rings. The first-order valence-corrected chi connectivity index (χ1v) is 9.04. The van der Waals surface area contributed by atoms with E-state index >= 15 is 0 Å². The minimum absolute atomic E-state index is 0.0479. The first-order valence-electron chi connectivity index (χ1n) is 8.09. The Bertz CT molecular complexity index is 886. The molecule has 128 valence electrons. The third kappa shape index (κ3) is 2.82. The minimum atomic E-state index is -0.0814. The van der Waals surface area contributed by atoms with E-state index in [1.165, 1.54) is 11.3 Å². The van der Waals surface area contributed by atoms with Crippen LogP contribution in [0.1, 0.15) is 46.5 Å². The quantitative estimate of drug-likeness (QED) is 0.717. The smallest absolute Gasteiger partial charge is 0.273 e. The molecule has 25 heavy (non-hydrogen) atoms. The number of carbonyl (C=O) groups excluding carboxylic acids is 1.